The lowest BCUT2D eigenvalue weighted by Crippen LogP contribution is -2.51. The topological polar surface area (TPSA) is 60.4 Å². The molecule has 0 aromatic carbocycles. The van der Waals surface area contributed by atoms with Gasteiger partial charge in [0, 0.05) is 0 Å². The number of aliphatic hydroxyl groups is 1. The molecular weight excluding hydrogens is 300 g/mol. The zero-order valence-corrected chi connectivity index (χ0v) is 13.5. The molecule has 0 amide bonds. The van der Waals surface area contributed by atoms with Crippen LogP contribution in [0.2, 0.25) is 0 Å². The summed E-state index contributed by atoms with van der Waals surface area (Å²) in [6.07, 6.45) is -0.171. The standard InChI is InChI=1S/C9H22NO.C2HCl3O2/c1-5-10(6-2,7-3)8-9(4)11;3-2(4,5)1(6)7/h9,11H,5-8H2,1-4H3;(H,6,7)/q+1;/p-1. The Hall–Kier alpha value is 0.260. The second-order valence-corrected chi connectivity index (χ2v) is 6.39. The van der Waals surface area contributed by atoms with Crippen LogP contribution in [0, 0.1) is 0 Å². The van der Waals surface area contributed by atoms with Gasteiger partial charge in [-0.05, 0) is 27.7 Å². The third-order valence-corrected chi connectivity index (χ3v) is 3.36. The summed E-state index contributed by atoms with van der Waals surface area (Å²) in [4.78, 5) is 9.51. The lowest BCUT2D eigenvalue weighted by molar-refractivity contribution is -0.925. The van der Waals surface area contributed by atoms with Gasteiger partial charge in [-0.1, -0.05) is 34.8 Å². The Morgan fingerprint density at radius 1 is 1.22 bits per heavy atom. The third kappa shape index (κ3) is 9.22. The van der Waals surface area contributed by atoms with Crippen LogP contribution in [-0.2, 0) is 4.79 Å². The van der Waals surface area contributed by atoms with Crippen LogP contribution in [0.5, 0.6) is 0 Å². The Balaban J connectivity index is 0. The molecule has 18 heavy (non-hydrogen) atoms. The minimum atomic E-state index is -2.28. The molecule has 0 fully saturated rings. The van der Waals surface area contributed by atoms with Crippen molar-refractivity contribution in [2.24, 2.45) is 0 Å². The van der Waals surface area contributed by atoms with Gasteiger partial charge >= 0.3 is 0 Å². The van der Waals surface area contributed by atoms with E-state index in [0.29, 0.717) is 0 Å². The molecule has 0 saturated carbocycles. The lowest BCUT2D eigenvalue weighted by atomic mass is 10.2. The molecule has 0 aromatic rings. The van der Waals surface area contributed by atoms with Crippen molar-refractivity contribution >= 4 is 40.8 Å². The Bertz CT molecular complexity index is 230. The summed E-state index contributed by atoms with van der Waals surface area (Å²) < 4.78 is -1.24. The van der Waals surface area contributed by atoms with Gasteiger partial charge in [-0.3, -0.25) is 0 Å². The fourth-order valence-electron chi connectivity index (χ4n) is 1.62. The molecule has 0 saturated heterocycles. The van der Waals surface area contributed by atoms with Gasteiger partial charge in [0.05, 0.1) is 25.6 Å². The zero-order valence-electron chi connectivity index (χ0n) is 11.3. The smallest absolute Gasteiger partial charge is 0.230 e. The minimum Gasteiger partial charge on any atom is -0.545 e. The van der Waals surface area contributed by atoms with Gasteiger partial charge in [-0.2, -0.15) is 0 Å². The maximum Gasteiger partial charge on any atom is 0.230 e. The fourth-order valence-corrected chi connectivity index (χ4v) is 1.62. The molecule has 0 aliphatic rings. The predicted octanol–water partition coefficient (Wildman–Crippen LogP) is 1.35. The molecule has 4 nitrogen and oxygen atoms in total. The second-order valence-electron chi connectivity index (χ2n) is 4.11. The Kier molecular flexibility index (Phi) is 10.5. The molecule has 7 heteroatoms. The van der Waals surface area contributed by atoms with Gasteiger partial charge in [0.25, 0.3) is 0 Å². The van der Waals surface area contributed by atoms with Crippen LogP contribution in [0.15, 0.2) is 0 Å². The predicted molar refractivity (Wildman–Crippen MR) is 73.7 cm³/mol. The minimum absolute atomic E-state index is 0.171. The van der Waals surface area contributed by atoms with E-state index < -0.39 is 9.76 Å². The van der Waals surface area contributed by atoms with E-state index >= 15 is 0 Å². The van der Waals surface area contributed by atoms with Crippen molar-refractivity contribution in [2.45, 2.75) is 37.6 Å². The molecule has 0 bridgehead atoms. The van der Waals surface area contributed by atoms with Crippen LogP contribution in [-0.4, -0.2) is 51.6 Å². The van der Waals surface area contributed by atoms with Gasteiger partial charge in [0.15, 0.2) is 0 Å². The first kappa shape index (κ1) is 20.6. The van der Waals surface area contributed by atoms with E-state index in [2.05, 4.69) is 20.8 Å². The number of likely N-dealkylation sites (N-methyl/N-ethyl adjacent to an activating group) is 1. The van der Waals surface area contributed by atoms with Crippen molar-refractivity contribution < 1.29 is 19.5 Å². The maximum atomic E-state index is 9.51. The van der Waals surface area contributed by atoms with Crippen LogP contribution < -0.4 is 5.11 Å². The summed E-state index contributed by atoms with van der Waals surface area (Å²) in [6, 6.07) is 0. The molecule has 0 aromatic heterocycles. The Morgan fingerprint density at radius 3 is 1.56 bits per heavy atom. The van der Waals surface area contributed by atoms with Crippen molar-refractivity contribution in [2.75, 3.05) is 26.2 Å². The molecule has 1 atom stereocenters. The van der Waals surface area contributed by atoms with E-state index in [4.69, 9.17) is 34.8 Å². The van der Waals surface area contributed by atoms with Crippen LogP contribution in [0.3, 0.4) is 0 Å². The second kappa shape index (κ2) is 9.21. The lowest BCUT2D eigenvalue weighted by Gasteiger charge is -2.36. The number of nitrogens with zero attached hydrogens (tertiary/aromatic N) is 1. The molecule has 110 valence electrons. The highest BCUT2D eigenvalue weighted by Crippen LogP contribution is 2.24. The highest BCUT2D eigenvalue weighted by Gasteiger charge is 2.22. The fraction of sp³-hybridized carbons (Fsp3) is 0.909. The first-order valence-corrected chi connectivity index (χ1v) is 6.99. The van der Waals surface area contributed by atoms with Crippen molar-refractivity contribution in [1.29, 1.82) is 0 Å². The largest absolute Gasteiger partial charge is 0.545 e. The van der Waals surface area contributed by atoms with Gasteiger partial charge in [-0.25, -0.2) is 0 Å². The summed E-state index contributed by atoms with van der Waals surface area (Å²) in [6.45, 7) is 12.7. The molecule has 0 spiro atoms. The number of carbonyl (C=O) groups excluding carboxylic acids is 1. The number of aliphatic carboxylic acids is 1. The summed E-state index contributed by atoms with van der Waals surface area (Å²) in [5.41, 5.74) is 0. The number of carboxylic acid groups (broad SMARTS) is 1. The van der Waals surface area contributed by atoms with E-state index in [0.717, 1.165) is 30.7 Å². The molecule has 0 aliphatic heterocycles. The monoisotopic (exact) mass is 321 g/mol. The molecule has 0 aliphatic carbocycles. The number of carboxylic acids is 1. The number of hydrogen-bond donors (Lipinski definition) is 1. The maximum absolute atomic E-state index is 9.51. The summed E-state index contributed by atoms with van der Waals surface area (Å²) in [5.74, 6) is -1.71. The molecule has 1 N–H and O–H groups in total. The first-order valence-electron chi connectivity index (χ1n) is 5.86. The first-order chi connectivity index (χ1) is 8.04. The van der Waals surface area contributed by atoms with Crippen molar-refractivity contribution in [1.82, 2.24) is 0 Å². The summed E-state index contributed by atoms with van der Waals surface area (Å²) in [7, 11) is 0. The highest BCUT2D eigenvalue weighted by molar-refractivity contribution is 6.75. The third-order valence-electron chi connectivity index (χ3n) is 2.90. The van der Waals surface area contributed by atoms with Gasteiger partial charge < -0.3 is 19.5 Å². The summed E-state index contributed by atoms with van der Waals surface area (Å²) in [5, 5.41) is 18.8. The van der Waals surface area contributed by atoms with Gasteiger partial charge in [0.1, 0.15) is 12.6 Å². The molecule has 1 unspecified atom stereocenters. The van der Waals surface area contributed by atoms with E-state index in [1.807, 2.05) is 6.92 Å². The number of quaternary nitrogens is 1. The summed E-state index contributed by atoms with van der Waals surface area (Å²) >= 11 is 14.2. The molecule has 0 heterocycles. The Labute approximate surface area is 124 Å². The van der Waals surface area contributed by atoms with Crippen LogP contribution in [0.1, 0.15) is 27.7 Å². The number of halogens is 3. The van der Waals surface area contributed by atoms with Crippen molar-refractivity contribution in [3.63, 3.8) is 0 Å². The van der Waals surface area contributed by atoms with Crippen LogP contribution in [0.4, 0.5) is 0 Å². The van der Waals surface area contributed by atoms with Crippen molar-refractivity contribution in [3.05, 3.63) is 0 Å². The molecular formula is C11H22Cl3NO3. The number of alkyl halides is 3. The number of hydrogen-bond acceptors (Lipinski definition) is 3. The number of rotatable bonds is 5. The van der Waals surface area contributed by atoms with Crippen molar-refractivity contribution in [3.8, 4) is 0 Å². The molecule has 0 radical (unpaired) electrons. The zero-order chi connectivity index (χ0) is 15.0. The van der Waals surface area contributed by atoms with E-state index in [9.17, 15) is 15.0 Å². The number of carbonyl (C=O) groups is 1. The average molecular weight is 323 g/mol. The highest BCUT2D eigenvalue weighted by atomic mass is 35.6. The van der Waals surface area contributed by atoms with Gasteiger partial charge in [0.2, 0.25) is 3.79 Å². The average Bonchev–Trinajstić information content (AvgIpc) is 2.25. The normalized spacial score (nSPS) is 13.6. The van der Waals surface area contributed by atoms with E-state index in [-0.39, 0.29) is 6.10 Å². The SMILES string of the molecule is CC[N+](CC)(CC)CC(C)O.O=C([O-])C(Cl)(Cl)Cl. The van der Waals surface area contributed by atoms with Gasteiger partial charge in [-0.15, -0.1) is 0 Å². The van der Waals surface area contributed by atoms with E-state index in [1.165, 1.54) is 0 Å². The van der Waals surface area contributed by atoms with Crippen LogP contribution in [0.25, 0.3) is 0 Å². The van der Waals surface area contributed by atoms with Crippen LogP contribution >= 0.6 is 34.8 Å². The Morgan fingerprint density at radius 2 is 1.50 bits per heavy atom. The van der Waals surface area contributed by atoms with E-state index in [1.54, 1.807) is 0 Å². The quantitative estimate of drug-likeness (QED) is 0.614. The number of aliphatic hydroxyl groups excluding tert-OH is 1. The molecule has 0 rings (SSSR count).